The summed E-state index contributed by atoms with van der Waals surface area (Å²) in [4.78, 5) is 17.4. The number of methoxy groups -OCH3 is 1. The predicted molar refractivity (Wildman–Crippen MR) is 125 cm³/mol. The Morgan fingerprint density at radius 1 is 0.906 bits per heavy atom. The second kappa shape index (κ2) is 9.68. The van der Waals surface area contributed by atoms with Gasteiger partial charge in [0.15, 0.2) is 0 Å². The maximum atomic E-state index is 13.3. The van der Waals surface area contributed by atoms with Gasteiger partial charge in [0.1, 0.15) is 5.75 Å². The van der Waals surface area contributed by atoms with E-state index in [4.69, 9.17) is 16.3 Å². The van der Waals surface area contributed by atoms with E-state index in [1.54, 1.807) is 12.0 Å². The summed E-state index contributed by atoms with van der Waals surface area (Å²) in [7, 11) is -1.97. The van der Waals surface area contributed by atoms with Crippen molar-refractivity contribution < 1.29 is 17.9 Å². The highest BCUT2D eigenvalue weighted by Gasteiger charge is 2.29. The molecule has 1 amide bonds. The molecule has 0 N–H and O–H groups in total. The van der Waals surface area contributed by atoms with Gasteiger partial charge in [0.2, 0.25) is 10.0 Å². The summed E-state index contributed by atoms with van der Waals surface area (Å²) in [5.41, 5.74) is 1.32. The number of ether oxygens (including phenoxy) is 1. The number of rotatable bonds is 5. The van der Waals surface area contributed by atoms with Crippen LogP contribution in [0, 0.1) is 0 Å². The van der Waals surface area contributed by atoms with E-state index in [1.165, 1.54) is 22.5 Å². The van der Waals surface area contributed by atoms with E-state index in [2.05, 4.69) is 4.90 Å². The van der Waals surface area contributed by atoms with Crippen LogP contribution in [0.4, 0.5) is 5.69 Å². The molecule has 172 valence electrons. The van der Waals surface area contributed by atoms with Gasteiger partial charge in [0, 0.05) is 45.0 Å². The minimum Gasteiger partial charge on any atom is -0.497 e. The number of hydrogen-bond donors (Lipinski definition) is 0. The monoisotopic (exact) mass is 477 g/mol. The van der Waals surface area contributed by atoms with Crippen LogP contribution in [-0.4, -0.2) is 69.9 Å². The molecule has 0 saturated carbocycles. The first-order valence-electron chi connectivity index (χ1n) is 10.9. The highest BCUT2D eigenvalue weighted by Crippen LogP contribution is 2.27. The van der Waals surface area contributed by atoms with Gasteiger partial charge < -0.3 is 14.5 Å². The number of sulfonamides is 1. The average Bonchev–Trinajstić information content (AvgIpc) is 3.25. The Bertz CT molecular complexity index is 1070. The average molecular weight is 478 g/mol. The van der Waals surface area contributed by atoms with Crippen LogP contribution < -0.4 is 9.64 Å². The van der Waals surface area contributed by atoms with Crippen LogP contribution in [0.1, 0.15) is 29.6 Å². The van der Waals surface area contributed by atoms with Crippen molar-refractivity contribution in [3.05, 3.63) is 53.1 Å². The number of hydrogen-bond acceptors (Lipinski definition) is 5. The molecule has 32 heavy (non-hydrogen) atoms. The topological polar surface area (TPSA) is 70.2 Å². The standard InChI is InChI=1S/C23H28ClN3O4S/c1-31-19-7-5-18(6-8-19)25-11-4-12-26(16-15-25)23(28)21-17-20(9-10-22(21)24)32(29,30)27-13-2-3-14-27/h5-10,17H,2-4,11-16H2,1H3. The molecule has 4 rings (SSSR count). The van der Waals surface area contributed by atoms with Gasteiger partial charge in [-0.3, -0.25) is 4.79 Å². The molecule has 9 heteroatoms. The number of anilines is 1. The first-order chi connectivity index (χ1) is 15.4. The van der Waals surface area contributed by atoms with Crippen molar-refractivity contribution >= 4 is 33.2 Å². The number of carbonyl (C=O) groups excluding carboxylic acids is 1. The van der Waals surface area contributed by atoms with Crippen LogP contribution in [0.3, 0.4) is 0 Å². The summed E-state index contributed by atoms with van der Waals surface area (Å²) < 4.78 is 32.6. The van der Waals surface area contributed by atoms with E-state index in [9.17, 15) is 13.2 Å². The lowest BCUT2D eigenvalue weighted by atomic mass is 10.2. The molecule has 0 atom stereocenters. The van der Waals surface area contributed by atoms with E-state index in [0.29, 0.717) is 32.7 Å². The van der Waals surface area contributed by atoms with Gasteiger partial charge in [-0.15, -0.1) is 0 Å². The molecule has 2 aromatic carbocycles. The lowest BCUT2D eigenvalue weighted by Gasteiger charge is -2.24. The van der Waals surface area contributed by atoms with Gasteiger partial charge in [-0.05, 0) is 61.7 Å². The molecule has 7 nitrogen and oxygen atoms in total. The Hall–Kier alpha value is -2.29. The zero-order valence-corrected chi connectivity index (χ0v) is 19.7. The summed E-state index contributed by atoms with van der Waals surface area (Å²) in [6.45, 7) is 3.66. The Labute approximate surface area is 194 Å². The molecule has 0 aromatic heterocycles. The molecule has 0 bridgehead atoms. The van der Waals surface area contributed by atoms with Gasteiger partial charge >= 0.3 is 0 Å². The number of nitrogens with zero attached hydrogens (tertiary/aromatic N) is 3. The van der Waals surface area contributed by atoms with Crippen molar-refractivity contribution in [2.45, 2.75) is 24.2 Å². The number of carbonyl (C=O) groups is 1. The van der Waals surface area contributed by atoms with Crippen LogP contribution in [-0.2, 0) is 10.0 Å². The summed E-state index contributed by atoms with van der Waals surface area (Å²) in [5, 5.41) is 0.270. The third-order valence-electron chi connectivity index (χ3n) is 6.09. The molecule has 2 saturated heterocycles. The fraction of sp³-hybridized carbons (Fsp3) is 0.435. The summed E-state index contributed by atoms with van der Waals surface area (Å²) >= 11 is 6.34. The number of halogens is 1. The van der Waals surface area contributed by atoms with Crippen LogP contribution in [0.2, 0.25) is 5.02 Å². The second-order valence-corrected chi connectivity index (χ2v) is 10.4. The van der Waals surface area contributed by atoms with Crippen molar-refractivity contribution in [2.75, 3.05) is 51.3 Å². The molecule has 2 aliphatic heterocycles. The van der Waals surface area contributed by atoms with E-state index < -0.39 is 10.0 Å². The van der Waals surface area contributed by atoms with Crippen molar-refractivity contribution in [1.82, 2.24) is 9.21 Å². The van der Waals surface area contributed by atoms with Crippen LogP contribution in [0.25, 0.3) is 0 Å². The predicted octanol–water partition coefficient (Wildman–Crippen LogP) is 3.49. The normalized spacial score (nSPS) is 17.9. The lowest BCUT2D eigenvalue weighted by molar-refractivity contribution is 0.0767. The molecule has 2 heterocycles. The van der Waals surface area contributed by atoms with Gasteiger partial charge in [-0.25, -0.2) is 8.42 Å². The van der Waals surface area contributed by atoms with Crippen molar-refractivity contribution in [3.63, 3.8) is 0 Å². The first-order valence-corrected chi connectivity index (χ1v) is 12.7. The highest BCUT2D eigenvalue weighted by atomic mass is 35.5. The fourth-order valence-electron chi connectivity index (χ4n) is 4.25. The van der Waals surface area contributed by atoms with Gasteiger partial charge in [0.25, 0.3) is 5.91 Å². The summed E-state index contributed by atoms with van der Waals surface area (Å²) in [5.74, 6) is 0.573. The van der Waals surface area contributed by atoms with Gasteiger partial charge in [-0.1, -0.05) is 11.6 Å². The highest BCUT2D eigenvalue weighted by molar-refractivity contribution is 7.89. The maximum absolute atomic E-state index is 13.3. The molecule has 2 fully saturated rings. The molecular weight excluding hydrogens is 450 g/mol. The minimum atomic E-state index is -3.61. The third-order valence-corrected chi connectivity index (χ3v) is 8.32. The van der Waals surface area contributed by atoms with Crippen molar-refractivity contribution in [2.24, 2.45) is 0 Å². The van der Waals surface area contributed by atoms with Gasteiger partial charge in [0.05, 0.1) is 22.6 Å². The van der Waals surface area contributed by atoms with E-state index in [-0.39, 0.29) is 21.4 Å². The summed E-state index contributed by atoms with van der Waals surface area (Å²) in [6.07, 6.45) is 2.52. The quantitative estimate of drug-likeness (QED) is 0.659. The molecule has 2 aromatic rings. The Balaban J connectivity index is 1.50. The number of benzene rings is 2. The van der Waals surface area contributed by atoms with Crippen LogP contribution in [0.5, 0.6) is 5.75 Å². The lowest BCUT2D eigenvalue weighted by Crippen LogP contribution is -2.35. The zero-order chi connectivity index (χ0) is 22.7. The molecule has 0 spiro atoms. The third kappa shape index (κ3) is 4.72. The molecule has 0 aliphatic carbocycles. The molecular formula is C23H28ClN3O4S. The number of amides is 1. The Morgan fingerprint density at radius 3 is 2.31 bits per heavy atom. The first kappa shape index (κ1) is 22.9. The Kier molecular flexibility index (Phi) is 6.93. The van der Waals surface area contributed by atoms with Crippen molar-refractivity contribution in [1.29, 1.82) is 0 Å². The molecule has 0 unspecified atom stereocenters. The van der Waals surface area contributed by atoms with Gasteiger partial charge in [-0.2, -0.15) is 4.31 Å². The zero-order valence-electron chi connectivity index (χ0n) is 18.2. The van der Waals surface area contributed by atoms with E-state index in [1.807, 2.05) is 24.3 Å². The molecule has 0 radical (unpaired) electrons. The second-order valence-electron chi connectivity index (χ2n) is 8.08. The minimum absolute atomic E-state index is 0.127. The maximum Gasteiger partial charge on any atom is 0.255 e. The molecule has 2 aliphatic rings. The Morgan fingerprint density at radius 2 is 1.62 bits per heavy atom. The fourth-order valence-corrected chi connectivity index (χ4v) is 5.99. The van der Waals surface area contributed by atoms with Crippen LogP contribution in [0.15, 0.2) is 47.4 Å². The smallest absolute Gasteiger partial charge is 0.255 e. The van der Waals surface area contributed by atoms with E-state index >= 15 is 0 Å². The van der Waals surface area contributed by atoms with Crippen molar-refractivity contribution in [3.8, 4) is 5.75 Å². The SMILES string of the molecule is COc1ccc(N2CCCN(C(=O)c3cc(S(=O)(=O)N4CCCC4)ccc3Cl)CC2)cc1. The van der Waals surface area contributed by atoms with E-state index in [0.717, 1.165) is 37.2 Å². The van der Waals surface area contributed by atoms with Crippen LogP contribution >= 0.6 is 11.6 Å². The summed E-state index contributed by atoms with van der Waals surface area (Å²) in [6, 6.07) is 12.3. The largest absolute Gasteiger partial charge is 0.497 e.